The fourth-order valence-electron chi connectivity index (χ4n) is 8.16. The number of phenolic OH excluding ortho intramolecular Hbond substituents is 1. The topological polar surface area (TPSA) is 50.9 Å². The number of hydrogen-bond acceptors (Lipinski definition) is 3. The number of rotatable bonds is 6. The maximum Gasteiger partial charge on any atom is 0.149 e. The molecule has 0 aliphatic heterocycles. The van der Waals surface area contributed by atoms with Crippen molar-refractivity contribution in [1.29, 1.82) is 0 Å². The van der Waals surface area contributed by atoms with Crippen molar-refractivity contribution in [2.75, 3.05) is 0 Å². The van der Waals surface area contributed by atoms with Gasteiger partial charge in [0.05, 0.1) is 28.0 Å². The van der Waals surface area contributed by atoms with Crippen LogP contribution in [-0.4, -0.2) is 19.6 Å². The van der Waals surface area contributed by atoms with Gasteiger partial charge in [-0.05, 0) is 109 Å². The summed E-state index contributed by atoms with van der Waals surface area (Å²) in [6.45, 7) is 8.46. The molecule has 8 aromatic rings. The van der Waals surface area contributed by atoms with Crippen molar-refractivity contribution in [2.24, 2.45) is 0 Å². The van der Waals surface area contributed by atoms with E-state index in [0.717, 1.165) is 44.6 Å². The predicted octanol–water partition coefficient (Wildman–Crippen LogP) is 15.7. The second-order valence-electron chi connectivity index (χ2n) is 19.6. The van der Waals surface area contributed by atoms with Crippen LogP contribution in [0.4, 0.5) is 0 Å². The molecule has 0 aliphatic carbocycles. The lowest BCUT2D eigenvalue weighted by Gasteiger charge is -2.28. The van der Waals surface area contributed by atoms with Crippen molar-refractivity contribution >= 4 is 11.0 Å². The molecule has 0 radical (unpaired) electrons. The Morgan fingerprint density at radius 2 is 1.11 bits per heavy atom. The van der Waals surface area contributed by atoms with Crippen LogP contribution in [0.5, 0.6) is 5.75 Å². The van der Waals surface area contributed by atoms with Crippen LogP contribution in [0, 0.1) is 0 Å². The third kappa shape index (κ3) is 8.23. The van der Waals surface area contributed by atoms with Gasteiger partial charge in [-0.3, -0.25) is 9.55 Å². The number of hydrogen-bond donors (Lipinski definition) is 1. The molecular formula is C58H61N3O. The Morgan fingerprint density at radius 3 is 1.76 bits per heavy atom. The van der Waals surface area contributed by atoms with Gasteiger partial charge in [0, 0.05) is 40.8 Å². The van der Waals surface area contributed by atoms with Gasteiger partial charge in [-0.1, -0.05) is 174 Å². The third-order valence-electron chi connectivity index (χ3n) is 11.7. The highest BCUT2D eigenvalue weighted by atomic mass is 16.3. The Kier molecular flexibility index (Phi) is 8.15. The van der Waals surface area contributed by atoms with E-state index in [-0.39, 0.29) is 16.6 Å². The van der Waals surface area contributed by atoms with Crippen molar-refractivity contribution in [3.05, 3.63) is 168 Å². The minimum atomic E-state index is -3.53. The number of aromatic hydroxyl groups is 1. The van der Waals surface area contributed by atoms with Crippen molar-refractivity contribution in [3.63, 3.8) is 0 Å². The molecule has 0 amide bonds. The van der Waals surface area contributed by atoms with Crippen molar-refractivity contribution in [3.8, 4) is 67.5 Å². The molecule has 314 valence electrons. The van der Waals surface area contributed by atoms with Crippen LogP contribution >= 0.6 is 0 Å². The first-order valence-corrected chi connectivity index (χ1v) is 21.2. The fraction of sp³-hybridized carbons (Fsp3) is 0.276. The highest BCUT2D eigenvalue weighted by Crippen LogP contribution is 2.46. The lowest BCUT2D eigenvalue weighted by atomic mass is 9.79. The highest BCUT2D eigenvalue weighted by molar-refractivity contribution is 5.98. The quantitative estimate of drug-likeness (QED) is 0.182. The third-order valence-corrected chi connectivity index (χ3v) is 11.7. The summed E-state index contributed by atoms with van der Waals surface area (Å²) < 4.78 is 81.1. The number of nitrogens with zero attached hydrogens (tertiary/aromatic N) is 3. The summed E-state index contributed by atoms with van der Waals surface area (Å²) in [6, 6.07) is 43.9. The molecule has 4 nitrogen and oxygen atoms in total. The van der Waals surface area contributed by atoms with Crippen molar-refractivity contribution in [2.45, 2.75) is 105 Å². The zero-order valence-electron chi connectivity index (χ0n) is 46.1. The molecule has 4 heteroatoms. The lowest BCUT2D eigenvalue weighted by molar-refractivity contribution is 0.446. The Labute approximate surface area is 382 Å². The first-order valence-electron chi connectivity index (χ1n) is 25.7. The van der Waals surface area contributed by atoms with Gasteiger partial charge in [0.2, 0.25) is 0 Å². The minimum Gasteiger partial charge on any atom is -0.507 e. The second kappa shape index (κ2) is 15.6. The molecule has 0 saturated heterocycles. The number of fused-ring (bicyclic) bond motifs is 1. The number of phenols is 1. The van der Waals surface area contributed by atoms with Crippen LogP contribution in [0.25, 0.3) is 72.7 Å². The number of benzene rings is 6. The largest absolute Gasteiger partial charge is 0.507 e. The normalized spacial score (nSPS) is 15.3. The molecule has 0 bridgehead atoms. The average molecular weight is 825 g/mol. The van der Waals surface area contributed by atoms with E-state index in [1.54, 1.807) is 12.3 Å². The van der Waals surface area contributed by atoms with Gasteiger partial charge in [0.25, 0.3) is 0 Å². The van der Waals surface area contributed by atoms with Crippen molar-refractivity contribution in [1.82, 2.24) is 14.5 Å². The number of imidazole rings is 1. The molecule has 2 heterocycles. The molecule has 6 aromatic carbocycles. The Hall–Kier alpha value is -6.26. The number of para-hydroxylation sites is 1. The summed E-state index contributed by atoms with van der Waals surface area (Å²) >= 11 is 0. The van der Waals surface area contributed by atoms with E-state index in [0.29, 0.717) is 44.8 Å². The van der Waals surface area contributed by atoms with Crippen LogP contribution in [0.1, 0.15) is 117 Å². The molecule has 0 saturated carbocycles. The summed E-state index contributed by atoms with van der Waals surface area (Å²) in [4.78, 5) is 10.2. The monoisotopic (exact) mass is 825 g/mol. The fourth-order valence-corrected chi connectivity index (χ4v) is 8.16. The first kappa shape index (κ1) is 32.5. The maximum absolute atomic E-state index is 12.6. The van der Waals surface area contributed by atoms with Gasteiger partial charge in [-0.25, -0.2) is 4.98 Å². The molecule has 0 unspecified atom stereocenters. The van der Waals surface area contributed by atoms with Gasteiger partial charge in [-0.15, -0.1) is 0 Å². The Bertz CT molecular complexity index is 3240. The molecule has 0 spiro atoms. The smallest absolute Gasteiger partial charge is 0.149 e. The van der Waals surface area contributed by atoms with E-state index in [2.05, 4.69) is 103 Å². The minimum absolute atomic E-state index is 0.0719. The molecule has 0 fully saturated rings. The van der Waals surface area contributed by atoms with Crippen LogP contribution in [0.15, 0.2) is 146 Å². The standard InChI is InChI=1S/C58H61N3O/c1-55(2,3)42-26-27-50(46(34-42)38-22-17-14-18-23-38)61-51-25-19-24-45(52(51)60-54(61)47-35-44(57(7,8)9)36-48(53(47)62)58(10,11)12)40-30-41(32-43(31-40)56(4,5)6)49-33-39(28-29-59-49)37-20-15-13-16-21-37/h13-36,62H,1-12H3/i4D3,5D3,6D3. The van der Waals surface area contributed by atoms with Crippen LogP contribution < -0.4 is 0 Å². The Morgan fingerprint density at radius 1 is 0.484 bits per heavy atom. The summed E-state index contributed by atoms with van der Waals surface area (Å²) in [5.41, 5.74) is 5.42. The Balaban J connectivity index is 1.54. The van der Waals surface area contributed by atoms with Crippen LogP contribution in [0.3, 0.4) is 0 Å². The van der Waals surface area contributed by atoms with Gasteiger partial charge >= 0.3 is 0 Å². The van der Waals surface area contributed by atoms with Gasteiger partial charge in [-0.2, -0.15) is 0 Å². The second-order valence-corrected chi connectivity index (χ2v) is 19.6. The van der Waals surface area contributed by atoms with E-state index in [1.165, 1.54) is 12.1 Å². The zero-order chi connectivity index (χ0) is 51.9. The molecule has 62 heavy (non-hydrogen) atoms. The lowest BCUT2D eigenvalue weighted by Crippen LogP contribution is -2.17. The predicted molar refractivity (Wildman–Crippen MR) is 263 cm³/mol. The van der Waals surface area contributed by atoms with E-state index in [4.69, 9.17) is 22.3 Å². The van der Waals surface area contributed by atoms with Gasteiger partial charge in [0.15, 0.2) is 0 Å². The summed E-state index contributed by atoms with van der Waals surface area (Å²) in [7, 11) is 0. The average Bonchev–Trinajstić information content (AvgIpc) is 3.66. The SMILES string of the molecule is [2H]C([2H])([2H])C(c1cc(-c2cc(-c3ccccc3)ccn2)cc(-c2cccc3c2nc(-c2cc(C(C)(C)C)cc(C(C)(C)C)c2O)n3-c2ccc(C(C)(C)C)cc2-c2ccccc2)c1)(C([2H])([2H])[2H])C([2H])([2H])[2H]. The highest BCUT2D eigenvalue weighted by Gasteiger charge is 2.30. The summed E-state index contributed by atoms with van der Waals surface area (Å²) in [5.74, 6) is 0.500. The van der Waals surface area contributed by atoms with E-state index < -0.39 is 36.9 Å². The van der Waals surface area contributed by atoms with Gasteiger partial charge < -0.3 is 5.11 Å². The molecule has 8 rings (SSSR count). The van der Waals surface area contributed by atoms with E-state index in [1.807, 2.05) is 84.9 Å². The number of pyridine rings is 1. The van der Waals surface area contributed by atoms with Crippen LogP contribution in [-0.2, 0) is 21.7 Å². The molecule has 0 atom stereocenters. The van der Waals surface area contributed by atoms with E-state index >= 15 is 0 Å². The van der Waals surface area contributed by atoms with Crippen molar-refractivity contribution < 1.29 is 17.4 Å². The maximum atomic E-state index is 12.6. The molecule has 0 aliphatic rings. The van der Waals surface area contributed by atoms with Gasteiger partial charge in [0.1, 0.15) is 11.6 Å². The number of aromatic nitrogens is 3. The van der Waals surface area contributed by atoms with E-state index in [9.17, 15) is 5.11 Å². The first-order chi connectivity index (χ1) is 32.9. The summed E-state index contributed by atoms with van der Waals surface area (Å²) in [6.07, 6.45) is 1.61. The molecular weight excluding hydrogens is 755 g/mol. The van der Waals surface area contributed by atoms with Crippen LogP contribution in [0.2, 0.25) is 0 Å². The molecule has 1 N–H and O–H groups in total. The molecule has 2 aromatic heterocycles. The zero-order valence-corrected chi connectivity index (χ0v) is 37.1. The summed E-state index contributed by atoms with van der Waals surface area (Å²) in [5, 5.41) is 12.6.